The molecule has 1 N–H and O–H groups in total. The van der Waals surface area contributed by atoms with Crippen molar-refractivity contribution in [1.82, 2.24) is 19.3 Å². The quantitative estimate of drug-likeness (QED) is 0.860. The van der Waals surface area contributed by atoms with E-state index >= 15 is 0 Å². The second kappa shape index (κ2) is 5.42. The molecular weight excluding hydrogens is 320 g/mol. The number of ether oxygens (including phenoxy) is 1. The molecule has 2 aliphatic heterocycles. The molecular formula is C18H24N4O3. The number of aromatic nitrogens is 3. The van der Waals surface area contributed by atoms with Crippen LogP contribution < -0.4 is 0 Å². The fourth-order valence-corrected chi connectivity index (χ4v) is 4.22. The van der Waals surface area contributed by atoms with E-state index < -0.39 is 11.2 Å². The molecule has 0 aromatic carbocycles. The van der Waals surface area contributed by atoms with Crippen LogP contribution in [-0.2, 0) is 10.3 Å². The number of rotatable bonds is 1. The van der Waals surface area contributed by atoms with Crippen molar-refractivity contribution in [3.8, 4) is 0 Å². The van der Waals surface area contributed by atoms with Crippen molar-refractivity contribution < 1.29 is 14.6 Å². The highest BCUT2D eigenvalue weighted by Crippen LogP contribution is 2.46. The minimum atomic E-state index is -1.01. The number of hydrogen-bond donors (Lipinski definition) is 1. The number of aliphatic hydroxyl groups is 1. The largest absolute Gasteiger partial charge is 0.444 e. The Morgan fingerprint density at radius 1 is 1.28 bits per heavy atom. The van der Waals surface area contributed by atoms with Crippen molar-refractivity contribution in [2.24, 2.45) is 0 Å². The molecule has 7 nitrogen and oxygen atoms in total. The molecule has 2 atom stereocenters. The molecule has 0 radical (unpaired) electrons. The summed E-state index contributed by atoms with van der Waals surface area (Å²) in [5, 5.41) is 11.4. The van der Waals surface area contributed by atoms with Gasteiger partial charge in [0.05, 0.1) is 11.9 Å². The SMILES string of the molecule is CC(C)(C)OC(=O)N1C2CCC1CC(O)(c1cnc3ncccn13)C2. The summed E-state index contributed by atoms with van der Waals surface area (Å²) >= 11 is 0. The van der Waals surface area contributed by atoms with Crippen LogP contribution in [0.25, 0.3) is 5.78 Å². The Bertz CT molecular complexity index is 796. The van der Waals surface area contributed by atoms with Crippen molar-refractivity contribution in [2.45, 2.75) is 69.7 Å². The van der Waals surface area contributed by atoms with Gasteiger partial charge in [0.1, 0.15) is 11.2 Å². The molecule has 0 aliphatic carbocycles. The van der Waals surface area contributed by atoms with E-state index in [2.05, 4.69) is 9.97 Å². The normalized spacial score (nSPS) is 29.2. The Hall–Kier alpha value is -2.15. The van der Waals surface area contributed by atoms with E-state index in [9.17, 15) is 9.90 Å². The molecule has 2 unspecified atom stereocenters. The third-order valence-corrected chi connectivity index (χ3v) is 5.14. The summed E-state index contributed by atoms with van der Waals surface area (Å²) in [6.07, 6.45) is 7.74. The van der Waals surface area contributed by atoms with Crippen LogP contribution in [0.15, 0.2) is 24.7 Å². The number of fused-ring (bicyclic) bond motifs is 3. The summed E-state index contributed by atoms with van der Waals surface area (Å²) in [7, 11) is 0. The Labute approximate surface area is 146 Å². The number of carbonyl (C=O) groups is 1. The minimum absolute atomic E-state index is 0.0131. The second-order valence-corrected chi connectivity index (χ2v) is 8.15. The van der Waals surface area contributed by atoms with E-state index in [0.29, 0.717) is 18.6 Å². The van der Waals surface area contributed by atoms with Crippen LogP contribution in [-0.4, -0.2) is 48.2 Å². The molecule has 4 rings (SSSR count). The maximum Gasteiger partial charge on any atom is 0.410 e. The van der Waals surface area contributed by atoms with Gasteiger partial charge < -0.3 is 14.7 Å². The highest BCUT2D eigenvalue weighted by molar-refractivity contribution is 5.69. The van der Waals surface area contributed by atoms with E-state index in [1.165, 1.54) is 0 Å². The van der Waals surface area contributed by atoms with Crippen molar-refractivity contribution >= 4 is 11.9 Å². The standard InChI is InChI=1S/C18H24N4O3/c1-17(2,3)25-16(23)22-12-5-6-13(22)10-18(24,9-12)14-11-20-15-19-7-4-8-21(14)15/h4,7-8,11-13,24H,5-6,9-10H2,1-3H3. The molecule has 25 heavy (non-hydrogen) atoms. The van der Waals surface area contributed by atoms with Gasteiger partial charge in [-0.2, -0.15) is 0 Å². The van der Waals surface area contributed by atoms with Gasteiger partial charge in [0, 0.05) is 37.3 Å². The van der Waals surface area contributed by atoms with Crippen molar-refractivity contribution in [3.63, 3.8) is 0 Å². The van der Waals surface area contributed by atoms with E-state index in [1.807, 2.05) is 42.3 Å². The summed E-state index contributed by atoms with van der Waals surface area (Å²) in [6, 6.07) is 1.80. The van der Waals surface area contributed by atoms with Crippen LogP contribution in [0.3, 0.4) is 0 Å². The van der Waals surface area contributed by atoms with Crippen molar-refractivity contribution in [2.75, 3.05) is 0 Å². The Morgan fingerprint density at radius 3 is 2.60 bits per heavy atom. The zero-order valence-electron chi connectivity index (χ0n) is 14.8. The summed E-state index contributed by atoms with van der Waals surface area (Å²) in [6.45, 7) is 5.62. The van der Waals surface area contributed by atoms with Crippen LogP contribution in [0.1, 0.15) is 52.1 Å². The lowest BCUT2D eigenvalue weighted by Gasteiger charge is -2.43. The fourth-order valence-electron chi connectivity index (χ4n) is 4.22. The summed E-state index contributed by atoms with van der Waals surface area (Å²) < 4.78 is 7.40. The molecule has 2 bridgehead atoms. The topological polar surface area (TPSA) is 80.0 Å². The number of hydrogen-bond acceptors (Lipinski definition) is 5. The molecule has 2 aliphatic rings. The molecule has 1 amide bonds. The van der Waals surface area contributed by atoms with Gasteiger partial charge in [0.25, 0.3) is 0 Å². The average molecular weight is 344 g/mol. The number of amides is 1. The lowest BCUT2D eigenvalue weighted by Crippen LogP contribution is -2.53. The predicted molar refractivity (Wildman–Crippen MR) is 91.0 cm³/mol. The average Bonchev–Trinajstić information content (AvgIpc) is 3.06. The maximum atomic E-state index is 12.6. The molecule has 0 saturated carbocycles. The van der Waals surface area contributed by atoms with E-state index in [1.54, 1.807) is 12.4 Å². The first-order valence-corrected chi connectivity index (χ1v) is 8.79. The van der Waals surface area contributed by atoms with E-state index in [0.717, 1.165) is 18.5 Å². The zero-order valence-corrected chi connectivity index (χ0v) is 14.8. The van der Waals surface area contributed by atoms with Gasteiger partial charge in [-0.25, -0.2) is 14.8 Å². The number of imidazole rings is 1. The minimum Gasteiger partial charge on any atom is -0.444 e. The second-order valence-electron chi connectivity index (χ2n) is 8.15. The van der Waals surface area contributed by atoms with Gasteiger partial charge >= 0.3 is 6.09 Å². The highest BCUT2D eigenvalue weighted by Gasteiger charge is 2.52. The molecule has 0 spiro atoms. The van der Waals surface area contributed by atoms with Crippen LogP contribution in [0.5, 0.6) is 0 Å². The Balaban J connectivity index is 1.61. The number of nitrogens with zero attached hydrogens (tertiary/aromatic N) is 4. The molecule has 2 aromatic rings. The van der Waals surface area contributed by atoms with Gasteiger partial charge in [0.15, 0.2) is 0 Å². The van der Waals surface area contributed by atoms with E-state index in [4.69, 9.17) is 4.74 Å². The zero-order chi connectivity index (χ0) is 17.8. The van der Waals surface area contributed by atoms with E-state index in [-0.39, 0.29) is 18.2 Å². The predicted octanol–water partition coefficient (Wildman–Crippen LogP) is 2.48. The monoisotopic (exact) mass is 344 g/mol. The van der Waals surface area contributed by atoms with Crippen LogP contribution in [0.4, 0.5) is 4.79 Å². The lowest BCUT2D eigenvalue weighted by molar-refractivity contribution is -0.0651. The maximum absolute atomic E-state index is 12.6. The molecule has 134 valence electrons. The summed E-state index contributed by atoms with van der Waals surface area (Å²) in [4.78, 5) is 22.9. The van der Waals surface area contributed by atoms with Gasteiger partial charge in [-0.3, -0.25) is 4.40 Å². The molecule has 2 aromatic heterocycles. The number of piperidine rings is 1. The third-order valence-electron chi connectivity index (χ3n) is 5.14. The van der Waals surface area contributed by atoms with Crippen LogP contribution in [0, 0.1) is 0 Å². The molecule has 2 saturated heterocycles. The molecule has 2 fully saturated rings. The third kappa shape index (κ3) is 2.76. The van der Waals surface area contributed by atoms with Crippen LogP contribution in [0.2, 0.25) is 0 Å². The fraction of sp³-hybridized carbons (Fsp3) is 0.611. The number of carbonyl (C=O) groups excluding carboxylic acids is 1. The summed E-state index contributed by atoms with van der Waals surface area (Å²) in [5.74, 6) is 0.577. The first-order valence-electron chi connectivity index (χ1n) is 8.79. The summed E-state index contributed by atoms with van der Waals surface area (Å²) in [5.41, 5.74) is -0.777. The highest BCUT2D eigenvalue weighted by atomic mass is 16.6. The van der Waals surface area contributed by atoms with Gasteiger partial charge in [-0.15, -0.1) is 0 Å². The molecule has 4 heterocycles. The molecule has 7 heteroatoms. The van der Waals surface area contributed by atoms with Gasteiger partial charge in [-0.05, 0) is 39.7 Å². The van der Waals surface area contributed by atoms with Crippen LogP contribution >= 0.6 is 0 Å². The smallest absolute Gasteiger partial charge is 0.410 e. The lowest BCUT2D eigenvalue weighted by atomic mass is 9.84. The Morgan fingerprint density at radius 2 is 1.96 bits per heavy atom. The van der Waals surface area contributed by atoms with Crippen molar-refractivity contribution in [1.29, 1.82) is 0 Å². The van der Waals surface area contributed by atoms with Crippen molar-refractivity contribution in [3.05, 3.63) is 30.4 Å². The first kappa shape index (κ1) is 16.3. The van der Waals surface area contributed by atoms with Gasteiger partial charge in [0.2, 0.25) is 5.78 Å². The first-order chi connectivity index (χ1) is 11.8. The van der Waals surface area contributed by atoms with Gasteiger partial charge in [-0.1, -0.05) is 0 Å². The Kier molecular flexibility index (Phi) is 3.54.